The van der Waals surface area contributed by atoms with Gasteiger partial charge >= 0.3 is 12.4 Å². The molecule has 1 aromatic rings. The first kappa shape index (κ1) is 17.8. The highest BCUT2D eigenvalue weighted by Crippen LogP contribution is 2.37. The third-order valence-electron chi connectivity index (χ3n) is 3.16. The van der Waals surface area contributed by atoms with E-state index in [2.05, 4.69) is 0 Å². The summed E-state index contributed by atoms with van der Waals surface area (Å²) in [5.41, 5.74) is 2.95. The van der Waals surface area contributed by atoms with Gasteiger partial charge in [-0.05, 0) is 30.2 Å². The molecule has 0 aliphatic carbocycles. The maximum atomic E-state index is 12.7. The highest BCUT2D eigenvalue weighted by Gasteiger charge is 2.37. The smallest absolute Gasteiger partial charge is 0.324 e. The number of hydrogen-bond donors (Lipinski definition) is 1. The third kappa shape index (κ3) is 5.22. The van der Waals surface area contributed by atoms with E-state index in [1.807, 2.05) is 6.92 Å². The van der Waals surface area contributed by atoms with E-state index in [-0.39, 0.29) is 11.6 Å². The molecule has 0 spiro atoms. The van der Waals surface area contributed by atoms with Gasteiger partial charge in [0.2, 0.25) is 0 Å². The van der Waals surface area contributed by atoms with Gasteiger partial charge in [0, 0.05) is 6.04 Å². The van der Waals surface area contributed by atoms with E-state index < -0.39 is 29.5 Å². The van der Waals surface area contributed by atoms with Gasteiger partial charge < -0.3 is 5.73 Å². The molecular formula is C14H17F6N. The molecule has 1 atom stereocenters. The van der Waals surface area contributed by atoms with Crippen molar-refractivity contribution in [3.63, 3.8) is 0 Å². The van der Waals surface area contributed by atoms with E-state index in [4.69, 9.17) is 5.73 Å². The van der Waals surface area contributed by atoms with Crippen LogP contribution in [0.3, 0.4) is 0 Å². The monoisotopic (exact) mass is 313 g/mol. The SMILES string of the molecule is CCCCC[C@@H](N)c1cc(C(F)(F)F)cc(C(F)(F)F)c1. The van der Waals surface area contributed by atoms with Crippen LogP contribution >= 0.6 is 0 Å². The molecule has 120 valence electrons. The molecule has 2 N–H and O–H groups in total. The van der Waals surface area contributed by atoms with Crippen molar-refractivity contribution in [3.8, 4) is 0 Å². The molecule has 1 nitrogen and oxygen atoms in total. The van der Waals surface area contributed by atoms with E-state index in [9.17, 15) is 26.3 Å². The van der Waals surface area contributed by atoms with Crippen LogP contribution in [0.1, 0.15) is 55.3 Å². The number of alkyl halides is 6. The number of unbranched alkanes of at least 4 members (excludes halogenated alkanes) is 2. The zero-order valence-corrected chi connectivity index (χ0v) is 11.5. The van der Waals surface area contributed by atoms with E-state index >= 15 is 0 Å². The van der Waals surface area contributed by atoms with Gasteiger partial charge in [-0.2, -0.15) is 26.3 Å². The predicted octanol–water partition coefficient (Wildman–Crippen LogP) is 5.30. The number of nitrogens with two attached hydrogens (primary N) is 1. The van der Waals surface area contributed by atoms with Crippen LogP contribution in [-0.4, -0.2) is 0 Å². The Morgan fingerprint density at radius 1 is 0.905 bits per heavy atom. The Bertz CT molecular complexity index is 431. The lowest BCUT2D eigenvalue weighted by molar-refractivity contribution is -0.143. The zero-order valence-electron chi connectivity index (χ0n) is 11.5. The molecule has 0 fully saturated rings. The Morgan fingerprint density at radius 3 is 1.76 bits per heavy atom. The zero-order chi connectivity index (χ0) is 16.3. The number of halogens is 6. The van der Waals surface area contributed by atoms with Gasteiger partial charge in [0.25, 0.3) is 0 Å². The molecule has 0 unspecified atom stereocenters. The van der Waals surface area contributed by atoms with Crippen molar-refractivity contribution >= 4 is 0 Å². The van der Waals surface area contributed by atoms with Gasteiger partial charge in [0.05, 0.1) is 11.1 Å². The summed E-state index contributed by atoms with van der Waals surface area (Å²) in [6.45, 7) is 1.94. The van der Waals surface area contributed by atoms with Crippen LogP contribution in [0.15, 0.2) is 18.2 Å². The first-order valence-corrected chi connectivity index (χ1v) is 6.60. The van der Waals surface area contributed by atoms with Crippen molar-refractivity contribution in [2.24, 2.45) is 5.73 Å². The summed E-state index contributed by atoms with van der Waals surface area (Å²) >= 11 is 0. The van der Waals surface area contributed by atoms with Crippen molar-refractivity contribution in [2.75, 3.05) is 0 Å². The summed E-state index contributed by atoms with van der Waals surface area (Å²) in [5.74, 6) is 0. The summed E-state index contributed by atoms with van der Waals surface area (Å²) in [4.78, 5) is 0. The molecule has 21 heavy (non-hydrogen) atoms. The molecule has 0 aromatic heterocycles. The molecule has 0 amide bonds. The van der Waals surface area contributed by atoms with Crippen molar-refractivity contribution in [1.82, 2.24) is 0 Å². The highest BCUT2D eigenvalue weighted by molar-refractivity contribution is 5.35. The Balaban J connectivity index is 3.13. The van der Waals surface area contributed by atoms with Crippen molar-refractivity contribution < 1.29 is 26.3 Å². The topological polar surface area (TPSA) is 26.0 Å². The second-order valence-electron chi connectivity index (χ2n) is 4.94. The minimum Gasteiger partial charge on any atom is -0.324 e. The van der Waals surface area contributed by atoms with Crippen molar-refractivity contribution in [1.29, 1.82) is 0 Å². The van der Waals surface area contributed by atoms with Crippen LogP contribution in [0.4, 0.5) is 26.3 Å². The molecule has 0 saturated heterocycles. The number of hydrogen-bond acceptors (Lipinski definition) is 1. The van der Waals surface area contributed by atoms with Crippen LogP contribution in [0.25, 0.3) is 0 Å². The maximum absolute atomic E-state index is 12.7. The summed E-state index contributed by atoms with van der Waals surface area (Å²) in [6.07, 6.45) is -6.93. The first-order chi connectivity index (χ1) is 9.55. The maximum Gasteiger partial charge on any atom is 0.416 e. The molecular weight excluding hydrogens is 296 g/mol. The molecule has 1 rings (SSSR count). The largest absolute Gasteiger partial charge is 0.416 e. The number of benzene rings is 1. The normalized spacial score (nSPS) is 14.3. The Morgan fingerprint density at radius 2 is 1.38 bits per heavy atom. The van der Waals surface area contributed by atoms with Gasteiger partial charge in [0.1, 0.15) is 0 Å². The fraction of sp³-hybridized carbons (Fsp3) is 0.571. The molecule has 0 heterocycles. The lowest BCUT2D eigenvalue weighted by Crippen LogP contribution is -2.16. The van der Waals surface area contributed by atoms with Crippen LogP contribution in [-0.2, 0) is 12.4 Å². The lowest BCUT2D eigenvalue weighted by atomic mass is 9.96. The van der Waals surface area contributed by atoms with E-state index in [0.29, 0.717) is 25.0 Å². The minimum atomic E-state index is -4.83. The molecule has 0 bridgehead atoms. The summed E-state index contributed by atoms with van der Waals surface area (Å²) in [6, 6.07) is 0.680. The Labute approximate surface area is 119 Å². The second-order valence-corrected chi connectivity index (χ2v) is 4.94. The second kappa shape index (κ2) is 6.68. The standard InChI is InChI=1S/C14H17F6N/c1-2-3-4-5-12(21)9-6-10(13(15,16)17)8-11(7-9)14(18,19)20/h6-8,12H,2-5,21H2,1H3/t12-/m1/s1. The third-order valence-corrected chi connectivity index (χ3v) is 3.16. The van der Waals surface area contributed by atoms with Crippen LogP contribution < -0.4 is 5.73 Å². The van der Waals surface area contributed by atoms with Gasteiger partial charge in [-0.3, -0.25) is 0 Å². The van der Waals surface area contributed by atoms with Crippen LogP contribution in [0, 0.1) is 0 Å². The molecule has 0 saturated carbocycles. The summed E-state index contributed by atoms with van der Waals surface area (Å²) in [5, 5.41) is 0. The van der Waals surface area contributed by atoms with Gasteiger partial charge in [0.15, 0.2) is 0 Å². The van der Waals surface area contributed by atoms with Gasteiger partial charge in [-0.25, -0.2) is 0 Å². The molecule has 7 heteroatoms. The van der Waals surface area contributed by atoms with Crippen LogP contribution in [0.2, 0.25) is 0 Å². The average molecular weight is 313 g/mol. The fourth-order valence-corrected chi connectivity index (χ4v) is 1.97. The van der Waals surface area contributed by atoms with Crippen LogP contribution in [0.5, 0.6) is 0 Å². The molecule has 0 aliphatic heterocycles. The minimum absolute atomic E-state index is 0.113. The van der Waals surface area contributed by atoms with Gasteiger partial charge in [-0.15, -0.1) is 0 Å². The fourth-order valence-electron chi connectivity index (χ4n) is 1.97. The molecule has 1 aromatic carbocycles. The lowest BCUT2D eigenvalue weighted by Gasteiger charge is -2.18. The van der Waals surface area contributed by atoms with E-state index in [0.717, 1.165) is 12.8 Å². The summed E-state index contributed by atoms with van der Waals surface area (Å²) < 4.78 is 76.2. The Kier molecular flexibility index (Phi) is 5.67. The quantitative estimate of drug-likeness (QED) is 0.579. The van der Waals surface area contributed by atoms with E-state index in [1.54, 1.807) is 0 Å². The van der Waals surface area contributed by atoms with Crippen molar-refractivity contribution in [3.05, 3.63) is 34.9 Å². The first-order valence-electron chi connectivity index (χ1n) is 6.60. The highest BCUT2D eigenvalue weighted by atomic mass is 19.4. The Hall–Kier alpha value is -1.24. The van der Waals surface area contributed by atoms with Gasteiger partial charge in [-0.1, -0.05) is 26.2 Å². The predicted molar refractivity (Wildman–Crippen MR) is 67.5 cm³/mol. The van der Waals surface area contributed by atoms with E-state index in [1.165, 1.54) is 0 Å². The molecule has 0 radical (unpaired) electrons. The number of rotatable bonds is 5. The average Bonchev–Trinajstić information content (AvgIpc) is 2.36. The van der Waals surface area contributed by atoms with Crippen molar-refractivity contribution in [2.45, 2.75) is 51.0 Å². The summed E-state index contributed by atoms with van der Waals surface area (Å²) in [7, 11) is 0. The molecule has 0 aliphatic rings.